The number of esters is 1. The number of benzene rings is 2. The van der Waals surface area contributed by atoms with Gasteiger partial charge in [-0.15, -0.1) is 0 Å². The molecule has 0 aliphatic carbocycles. The van der Waals surface area contributed by atoms with Crippen LogP contribution in [0.15, 0.2) is 46.9 Å². The van der Waals surface area contributed by atoms with Crippen molar-refractivity contribution in [2.24, 2.45) is 0 Å². The smallest absolute Gasteiger partial charge is 0.309 e. The van der Waals surface area contributed by atoms with Crippen LogP contribution in [-0.4, -0.2) is 25.1 Å². The highest BCUT2D eigenvalue weighted by Crippen LogP contribution is 2.19. The quantitative estimate of drug-likeness (QED) is 0.706. The van der Waals surface area contributed by atoms with Gasteiger partial charge in [0.15, 0.2) is 6.61 Å². The topological polar surface area (TPSA) is 64.6 Å². The second-order valence-electron chi connectivity index (χ2n) is 5.58. The Labute approximate surface area is 155 Å². The normalized spacial score (nSPS) is 10.2. The molecule has 6 heteroatoms. The van der Waals surface area contributed by atoms with Gasteiger partial charge in [0, 0.05) is 10.2 Å². The maximum Gasteiger partial charge on any atom is 0.309 e. The van der Waals surface area contributed by atoms with Gasteiger partial charge in [-0.1, -0.05) is 28.1 Å². The van der Waals surface area contributed by atoms with Crippen molar-refractivity contribution in [1.82, 2.24) is 0 Å². The molecule has 0 saturated heterocycles. The number of rotatable bonds is 7. The summed E-state index contributed by atoms with van der Waals surface area (Å²) in [5.74, 6) is -0.148. The van der Waals surface area contributed by atoms with Crippen LogP contribution < -0.4 is 10.1 Å². The average molecular weight is 406 g/mol. The largest absolute Gasteiger partial charge is 0.493 e. The fourth-order valence-corrected chi connectivity index (χ4v) is 2.60. The predicted molar refractivity (Wildman–Crippen MR) is 99.8 cm³/mol. The monoisotopic (exact) mass is 405 g/mol. The van der Waals surface area contributed by atoms with Crippen molar-refractivity contribution >= 4 is 33.5 Å². The summed E-state index contributed by atoms with van der Waals surface area (Å²) in [6, 6.07) is 13.1. The van der Waals surface area contributed by atoms with Gasteiger partial charge in [-0.25, -0.2) is 0 Å². The minimum absolute atomic E-state index is 0.0819. The molecule has 2 aromatic rings. The Kier molecular flexibility index (Phi) is 7.01. The molecule has 2 aromatic carbocycles. The van der Waals surface area contributed by atoms with Crippen molar-refractivity contribution in [2.45, 2.75) is 20.3 Å². The van der Waals surface area contributed by atoms with E-state index in [4.69, 9.17) is 9.47 Å². The summed E-state index contributed by atoms with van der Waals surface area (Å²) in [5, 5.41) is 2.71. The maximum absolute atomic E-state index is 11.9. The molecule has 25 heavy (non-hydrogen) atoms. The van der Waals surface area contributed by atoms with Gasteiger partial charge in [0.1, 0.15) is 5.75 Å². The summed E-state index contributed by atoms with van der Waals surface area (Å²) in [6.07, 6.45) is 0.0819. The number of ether oxygens (including phenoxy) is 2. The first-order chi connectivity index (χ1) is 11.9. The van der Waals surface area contributed by atoms with Crippen LogP contribution in [-0.2, 0) is 14.3 Å². The van der Waals surface area contributed by atoms with Crippen LogP contribution in [0.4, 0.5) is 5.69 Å². The Morgan fingerprint density at radius 1 is 1.12 bits per heavy atom. The first-order valence-corrected chi connectivity index (χ1v) is 8.64. The molecule has 0 aliphatic rings. The summed E-state index contributed by atoms with van der Waals surface area (Å²) < 4.78 is 11.4. The average Bonchev–Trinajstić information content (AvgIpc) is 2.56. The Balaban J connectivity index is 1.69. The second kappa shape index (κ2) is 9.22. The SMILES string of the molecule is Cc1cccc(OCCC(=O)OCC(=O)Nc2ccc(Br)cc2C)c1. The van der Waals surface area contributed by atoms with Crippen LogP contribution in [0.3, 0.4) is 0 Å². The number of aryl methyl sites for hydroxylation is 2. The molecule has 2 rings (SSSR count). The highest BCUT2D eigenvalue weighted by molar-refractivity contribution is 9.10. The van der Waals surface area contributed by atoms with Gasteiger partial charge in [-0.05, 0) is 55.3 Å². The lowest BCUT2D eigenvalue weighted by Crippen LogP contribution is -2.22. The highest BCUT2D eigenvalue weighted by Gasteiger charge is 2.09. The lowest BCUT2D eigenvalue weighted by molar-refractivity contribution is -0.147. The van der Waals surface area contributed by atoms with Gasteiger partial charge in [0.05, 0.1) is 13.0 Å². The van der Waals surface area contributed by atoms with Crippen LogP contribution >= 0.6 is 15.9 Å². The van der Waals surface area contributed by atoms with Gasteiger partial charge in [0.2, 0.25) is 0 Å². The Bertz CT molecular complexity index is 761. The number of anilines is 1. The fraction of sp³-hybridized carbons (Fsp3) is 0.263. The number of carbonyl (C=O) groups is 2. The first-order valence-electron chi connectivity index (χ1n) is 7.85. The maximum atomic E-state index is 11.9. The Hall–Kier alpha value is -2.34. The van der Waals surface area contributed by atoms with Crippen molar-refractivity contribution in [3.05, 3.63) is 58.1 Å². The van der Waals surface area contributed by atoms with Gasteiger partial charge < -0.3 is 14.8 Å². The van der Waals surface area contributed by atoms with Gasteiger partial charge in [-0.3, -0.25) is 9.59 Å². The van der Waals surface area contributed by atoms with Crippen LogP contribution in [0.25, 0.3) is 0 Å². The van der Waals surface area contributed by atoms with Crippen molar-refractivity contribution in [3.8, 4) is 5.75 Å². The lowest BCUT2D eigenvalue weighted by atomic mass is 10.2. The first kappa shape index (κ1) is 19.0. The zero-order valence-corrected chi connectivity index (χ0v) is 15.8. The van der Waals surface area contributed by atoms with E-state index >= 15 is 0 Å². The third-order valence-electron chi connectivity index (χ3n) is 3.39. The van der Waals surface area contributed by atoms with Crippen molar-refractivity contribution < 1.29 is 19.1 Å². The zero-order valence-electron chi connectivity index (χ0n) is 14.2. The van der Waals surface area contributed by atoms with Gasteiger partial charge in [-0.2, -0.15) is 0 Å². The van der Waals surface area contributed by atoms with Crippen molar-refractivity contribution in [3.63, 3.8) is 0 Å². The molecule has 0 fully saturated rings. The van der Waals surface area contributed by atoms with E-state index < -0.39 is 5.97 Å². The Morgan fingerprint density at radius 3 is 2.64 bits per heavy atom. The molecule has 0 atom stereocenters. The summed E-state index contributed by atoms with van der Waals surface area (Å²) >= 11 is 3.36. The van der Waals surface area contributed by atoms with E-state index in [0.29, 0.717) is 11.4 Å². The van der Waals surface area contributed by atoms with E-state index in [9.17, 15) is 9.59 Å². The molecule has 5 nitrogen and oxygen atoms in total. The molecule has 0 unspecified atom stereocenters. The van der Waals surface area contributed by atoms with Crippen LogP contribution in [0.1, 0.15) is 17.5 Å². The highest BCUT2D eigenvalue weighted by atomic mass is 79.9. The lowest BCUT2D eigenvalue weighted by Gasteiger charge is -2.10. The molecule has 132 valence electrons. The molecule has 0 radical (unpaired) electrons. The fourth-order valence-electron chi connectivity index (χ4n) is 2.13. The standard InChI is InChI=1S/C19H20BrNO4/c1-13-4-3-5-16(10-13)24-9-8-19(23)25-12-18(22)21-17-7-6-15(20)11-14(17)2/h3-7,10-11H,8-9,12H2,1-2H3,(H,21,22). The molecule has 0 heterocycles. The molecule has 1 amide bonds. The van der Waals surface area contributed by atoms with Gasteiger partial charge >= 0.3 is 5.97 Å². The number of halogens is 1. The van der Waals surface area contributed by atoms with E-state index in [1.165, 1.54) is 0 Å². The van der Waals surface area contributed by atoms with E-state index in [2.05, 4.69) is 21.2 Å². The summed E-state index contributed by atoms with van der Waals surface area (Å²) in [6.45, 7) is 3.73. The number of hydrogen-bond donors (Lipinski definition) is 1. The van der Waals surface area contributed by atoms with E-state index in [-0.39, 0.29) is 25.5 Å². The van der Waals surface area contributed by atoms with Gasteiger partial charge in [0.25, 0.3) is 5.91 Å². The minimum Gasteiger partial charge on any atom is -0.493 e. The van der Waals surface area contributed by atoms with E-state index in [1.54, 1.807) is 6.07 Å². The number of nitrogens with one attached hydrogen (secondary N) is 1. The minimum atomic E-state index is -0.477. The van der Waals surface area contributed by atoms with Crippen molar-refractivity contribution in [1.29, 1.82) is 0 Å². The molecule has 0 saturated carbocycles. The molecular formula is C19H20BrNO4. The second-order valence-corrected chi connectivity index (χ2v) is 6.50. The molecule has 0 aliphatic heterocycles. The molecule has 1 N–H and O–H groups in total. The summed E-state index contributed by atoms with van der Waals surface area (Å²) in [7, 11) is 0. The third-order valence-corrected chi connectivity index (χ3v) is 3.88. The van der Waals surface area contributed by atoms with Crippen LogP contribution in [0.5, 0.6) is 5.75 Å². The molecule has 0 aromatic heterocycles. The van der Waals surface area contributed by atoms with Crippen molar-refractivity contribution in [2.75, 3.05) is 18.5 Å². The Morgan fingerprint density at radius 2 is 1.92 bits per heavy atom. The molecular weight excluding hydrogens is 386 g/mol. The van der Waals surface area contributed by atoms with E-state index in [1.807, 2.05) is 50.2 Å². The van der Waals surface area contributed by atoms with Crippen LogP contribution in [0.2, 0.25) is 0 Å². The molecule has 0 spiro atoms. The van der Waals surface area contributed by atoms with Crippen LogP contribution in [0, 0.1) is 13.8 Å². The zero-order chi connectivity index (χ0) is 18.2. The number of hydrogen-bond acceptors (Lipinski definition) is 4. The number of amides is 1. The summed E-state index contributed by atoms with van der Waals surface area (Å²) in [5.41, 5.74) is 2.69. The summed E-state index contributed by atoms with van der Waals surface area (Å²) in [4.78, 5) is 23.5. The molecule has 0 bridgehead atoms. The predicted octanol–water partition coefficient (Wildman–Crippen LogP) is 4.02. The van der Waals surface area contributed by atoms with E-state index in [0.717, 1.165) is 15.6 Å². The number of carbonyl (C=O) groups excluding carboxylic acids is 2. The third kappa shape index (κ3) is 6.58.